The van der Waals surface area contributed by atoms with Gasteiger partial charge in [-0.15, -0.1) is 0 Å². The van der Waals surface area contributed by atoms with Gasteiger partial charge < -0.3 is 21.3 Å². The number of piperidine rings is 2. The first-order valence-electron chi connectivity index (χ1n) is 16.3. The molecule has 1 aromatic rings. The molecule has 0 unspecified atom stereocenters. The van der Waals surface area contributed by atoms with Gasteiger partial charge in [0.2, 0.25) is 0 Å². The zero-order chi connectivity index (χ0) is 29.6. The van der Waals surface area contributed by atoms with Crippen LogP contribution in [0, 0.1) is 0 Å². The average molecular weight is 555 g/mol. The molecule has 226 valence electrons. The van der Waals surface area contributed by atoms with Crippen LogP contribution in [0.4, 0.5) is 0 Å². The highest BCUT2D eigenvalue weighted by Crippen LogP contribution is 2.38. The molecule has 0 atom stereocenters. The van der Waals surface area contributed by atoms with Gasteiger partial charge in [-0.1, -0.05) is 61.5 Å². The van der Waals surface area contributed by atoms with Gasteiger partial charge in [-0.3, -0.25) is 9.59 Å². The van der Waals surface area contributed by atoms with E-state index in [1.807, 2.05) is 18.2 Å². The standard InChI is InChI=1S/C34H58N4O2/c1-9-31(10-2)21-27(22-32(11-3,12-4)37-31)35-29(39)25-18-17-19-26(20-25)30(40)36-28-23-33(13-5,14-6)38-34(15-7,16-8)24-28/h17-20,27-28,37-38H,9-16,21-24H2,1-8H3,(H,35,39)(H,36,40). The highest BCUT2D eigenvalue weighted by molar-refractivity contribution is 5.99. The van der Waals surface area contributed by atoms with E-state index in [0.717, 1.165) is 77.0 Å². The molecule has 2 aliphatic rings. The van der Waals surface area contributed by atoms with Crippen LogP contribution >= 0.6 is 0 Å². The predicted octanol–water partition coefficient (Wildman–Crippen LogP) is 6.89. The third kappa shape index (κ3) is 6.92. The Kier molecular flexibility index (Phi) is 10.9. The van der Waals surface area contributed by atoms with Crippen LogP contribution < -0.4 is 21.3 Å². The summed E-state index contributed by atoms with van der Waals surface area (Å²) >= 11 is 0. The maximum Gasteiger partial charge on any atom is 0.251 e. The van der Waals surface area contributed by atoms with E-state index in [-0.39, 0.29) is 46.1 Å². The van der Waals surface area contributed by atoms with Crippen molar-refractivity contribution in [3.63, 3.8) is 0 Å². The Labute approximate surface area is 244 Å². The Bertz CT molecular complexity index is 874. The van der Waals surface area contributed by atoms with Crippen molar-refractivity contribution in [1.29, 1.82) is 0 Å². The zero-order valence-electron chi connectivity index (χ0n) is 26.8. The number of benzene rings is 1. The topological polar surface area (TPSA) is 82.3 Å². The third-order valence-corrected chi connectivity index (χ3v) is 11.1. The second-order valence-electron chi connectivity index (χ2n) is 12.9. The highest BCUT2D eigenvalue weighted by atomic mass is 16.2. The van der Waals surface area contributed by atoms with E-state index in [1.165, 1.54) is 0 Å². The summed E-state index contributed by atoms with van der Waals surface area (Å²) in [5.41, 5.74) is 1.27. The molecular weight excluding hydrogens is 496 g/mol. The van der Waals surface area contributed by atoms with Crippen LogP contribution in [0.1, 0.15) is 153 Å². The fraction of sp³-hybridized carbons (Fsp3) is 0.765. The number of rotatable bonds is 12. The number of carbonyl (C=O) groups excluding carboxylic acids is 2. The van der Waals surface area contributed by atoms with Gasteiger partial charge in [-0.05, 0) is 95.2 Å². The molecule has 0 aromatic heterocycles. The molecule has 2 amide bonds. The number of nitrogens with one attached hydrogen (secondary N) is 4. The minimum Gasteiger partial charge on any atom is -0.349 e. The van der Waals surface area contributed by atoms with E-state index >= 15 is 0 Å². The van der Waals surface area contributed by atoms with E-state index in [2.05, 4.69) is 76.7 Å². The number of hydrogen-bond acceptors (Lipinski definition) is 4. The summed E-state index contributed by atoms with van der Waals surface area (Å²) in [6.45, 7) is 18.0. The van der Waals surface area contributed by atoms with Gasteiger partial charge in [-0.2, -0.15) is 0 Å². The van der Waals surface area contributed by atoms with Crippen molar-refractivity contribution in [2.75, 3.05) is 0 Å². The van der Waals surface area contributed by atoms with Crippen molar-refractivity contribution < 1.29 is 9.59 Å². The van der Waals surface area contributed by atoms with E-state index in [9.17, 15) is 9.59 Å². The molecular formula is C34H58N4O2. The smallest absolute Gasteiger partial charge is 0.251 e. The highest BCUT2D eigenvalue weighted by Gasteiger charge is 2.46. The molecule has 0 radical (unpaired) electrons. The first-order chi connectivity index (χ1) is 19.0. The van der Waals surface area contributed by atoms with Gasteiger partial charge in [0.25, 0.3) is 11.8 Å². The van der Waals surface area contributed by atoms with Crippen molar-refractivity contribution in [1.82, 2.24) is 21.3 Å². The SMILES string of the molecule is CCC1(CC)CC(NC(=O)c2cccc(C(=O)NC3CC(CC)(CC)NC(CC)(CC)C3)c2)CC(CC)(CC)N1. The Morgan fingerprint density at radius 3 is 1.12 bits per heavy atom. The number of carbonyl (C=O) groups is 2. The molecule has 0 aliphatic carbocycles. The fourth-order valence-corrected chi connectivity index (χ4v) is 7.77. The molecule has 2 fully saturated rings. The maximum absolute atomic E-state index is 13.5. The molecule has 6 nitrogen and oxygen atoms in total. The predicted molar refractivity (Wildman–Crippen MR) is 167 cm³/mol. The van der Waals surface area contributed by atoms with Gasteiger partial charge in [0.1, 0.15) is 0 Å². The van der Waals surface area contributed by atoms with Crippen molar-refractivity contribution >= 4 is 11.8 Å². The van der Waals surface area contributed by atoms with Crippen molar-refractivity contribution in [3.8, 4) is 0 Å². The average Bonchev–Trinajstić information content (AvgIpc) is 3.00. The molecule has 1 aromatic carbocycles. The lowest BCUT2D eigenvalue weighted by Gasteiger charge is -2.52. The molecule has 0 bridgehead atoms. The summed E-state index contributed by atoms with van der Waals surface area (Å²) in [7, 11) is 0. The van der Waals surface area contributed by atoms with Crippen LogP contribution in [0.3, 0.4) is 0 Å². The first-order valence-corrected chi connectivity index (χ1v) is 16.3. The summed E-state index contributed by atoms with van der Waals surface area (Å²) < 4.78 is 0. The van der Waals surface area contributed by atoms with Gasteiger partial charge in [0, 0.05) is 45.4 Å². The molecule has 3 rings (SSSR count). The van der Waals surface area contributed by atoms with Crippen LogP contribution in [-0.2, 0) is 0 Å². The zero-order valence-corrected chi connectivity index (χ0v) is 26.8. The Morgan fingerprint density at radius 2 is 0.875 bits per heavy atom. The molecule has 2 saturated heterocycles. The van der Waals surface area contributed by atoms with Crippen LogP contribution in [-0.4, -0.2) is 46.1 Å². The molecule has 6 heteroatoms. The molecule has 0 spiro atoms. The van der Waals surface area contributed by atoms with Gasteiger partial charge in [0.15, 0.2) is 0 Å². The summed E-state index contributed by atoms with van der Waals surface area (Å²) in [5, 5.41) is 14.7. The second kappa shape index (κ2) is 13.4. The Balaban J connectivity index is 1.75. The van der Waals surface area contributed by atoms with Crippen molar-refractivity contribution in [3.05, 3.63) is 35.4 Å². The van der Waals surface area contributed by atoms with E-state index in [1.54, 1.807) is 6.07 Å². The quantitative estimate of drug-likeness (QED) is 0.227. The van der Waals surface area contributed by atoms with E-state index in [0.29, 0.717) is 11.1 Å². The summed E-state index contributed by atoms with van der Waals surface area (Å²) in [4.78, 5) is 27.0. The minimum absolute atomic E-state index is 0.0389. The summed E-state index contributed by atoms with van der Waals surface area (Å²) in [6, 6.07) is 7.48. The van der Waals surface area contributed by atoms with Crippen LogP contribution in [0.2, 0.25) is 0 Å². The van der Waals surface area contributed by atoms with Gasteiger partial charge in [0.05, 0.1) is 0 Å². The fourth-order valence-electron chi connectivity index (χ4n) is 7.77. The van der Waals surface area contributed by atoms with Crippen molar-refractivity contribution in [2.24, 2.45) is 0 Å². The summed E-state index contributed by atoms with van der Waals surface area (Å²) in [5.74, 6) is -0.171. The second-order valence-corrected chi connectivity index (χ2v) is 12.9. The minimum atomic E-state index is -0.0856. The van der Waals surface area contributed by atoms with Crippen LogP contribution in [0.15, 0.2) is 24.3 Å². The largest absolute Gasteiger partial charge is 0.349 e. The van der Waals surface area contributed by atoms with Gasteiger partial charge in [-0.25, -0.2) is 0 Å². The molecule has 40 heavy (non-hydrogen) atoms. The van der Waals surface area contributed by atoms with Crippen LogP contribution in [0.25, 0.3) is 0 Å². The third-order valence-electron chi connectivity index (χ3n) is 11.1. The van der Waals surface area contributed by atoms with Crippen LogP contribution in [0.5, 0.6) is 0 Å². The normalized spacial score (nSPS) is 22.0. The molecule has 2 aliphatic heterocycles. The lowest BCUT2D eigenvalue weighted by molar-refractivity contribution is 0.0711. The monoisotopic (exact) mass is 554 g/mol. The van der Waals surface area contributed by atoms with Gasteiger partial charge >= 0.3 is 0 Å². The first kappa shape index (κ1) is 32.6. The molecule has 2 heterocycles. The van der Waals surface area contributed by atoms with E-state index < -0.39 is 0 Å². The summed E-state index contributed by atoms with van der Waals surface area (Å²) in [6.07, 6.45) is 12.0. The lowest BCUT2D eigenvalue weighted by atomic mass is 9.71. The van der Waals surface area contributed by atoms with E-state index in [4.69, 9.17) is 0 Å². The molecule has 4 N–H and O–H groups in total. The maximum atomic E-state index is 13.5. The number of amides is 2. The Morgan fingerprint density at radius 1 is 0.600 bits per heavy atom. The Hall–Kier alpha value is -1.92. The lowest BCUT2D eigenvalue weighted by Crippen LogP contribution is -2.66. The number of hydrogen-bond donors (Lipinski definition) is 4. The molecule has 0 saturated carbocycles. The van der Waals surface area contributed by atoms with Crippen molar-refractivity contribution in [2.45, 2.75) is 167 Å².